The number of nitrogens with zero attached hydrogens (tertiary/aromatic N) is 2. The Morgan fingerprint density at radius 2 is 2.00 bits per heavy atom. The van der Waals surface area contributed by atoms with Crippen molar-refractivity contribution in [2.75, 3.05) is 0 Å². The highest BCUT2D eigenvalue weighted by atomic mass is 35.5. The van der Waals surface area contributed by atoms with E-state index in [0.717, 1.165) is 35.0 Å². The fourth-order valence-electron chi connectivity index (χ4n) is 2.80. The molecule has 4 heteroatoms. The minimum Gasteiger partial charge on any atom is -0.322 e. The summed E-state index contributed by atoms with van der Waals surface area (Å²) in [5.74, 6) is 0.483. The van der Waals surface area contributed by atoms with Gasteiger partial charge in [0.25, 0.3) is 5.24 Å². The molecule has 4 rings (SSSR count). The van der Waals surface area contributed by atoms with Gasteiger partial charge in [-0.15, -0.1) is 0 Å². The van der Waals surface area contributed by atoms with Crippen LogP contribution in [0, 0.1) is 0 Å². The summed E-state index contributed by atoms with van der Waals surface area (Å²) in [5, 5.41) is 0.680. The molecule has 3 nitrogen and oxygen atoms in total. The monoisotopic (exact) mass is 296 g/mol. The first kappa shape index (κ1) is 12.6. The van der Waals surface area contributed by atoms with E-state index in [4.69, 9.17) is 11.6 Å². The molecule has 104 valence electrons. The van der Waals surface area contributed by atoms with E-state index in [1.807, 2.05) is 47.3 Å². The zero-order valence-corrected chi connectivity index (χ0v) is 12.0. The number of halogens is 1. The number of rotatable bonds is 3. The van der Waals surface area contributed by atoms with Crippen molar-refractivity contribution in [1.82, 2.24) is 9.55 Å². The molecule has 0 amide bonds. The quantitative estimate of drug-likeness (QED) is 0.676. The summed E-state index contributed by atoms with van der Waals surface area (Å²) in [4.78, 5) is 16.0. The predicted octanol–water partition coefficient (Wildman–Crippen LogP) is 4.28. The summed E-state index contributed by atoms with van der Waals surface area (Å²) in [5.41, 5.74) is 3.65. The highest BCUT2D eigenvalue weighted by Crippen LogP contribution is 2.43. The first-order chi connectivity index (χ1) is 10.2. The molecule has 1 aliphatic rings. The van der Waals surface area contributed by atoms with Crippen LogP contribution in [-0.2, 0) is 0 Å². The zero-order valence-electron chi connectivity index (χ0n) is 11.3. The van der Waals surface area contributed by atoms with E-state index >= 15 is 0 Å². The minimum absolute atomic E-state index is 0.381. The number of aromatic nitrogens is 2. The maximum absolute atomic E-state index is 11.6. The Balaban J connectivity index is 1.93. The second-order valence-electron chi connectivity index (χ2n) is 5.43. The number of benzene rings is 1. The van der Waals surface area contributed by atoms with Crippen LogP contribution in [0.4, 0.5) is 0 Å². The van der Waals surface area contributed by atoms with Crippen LogP contribution in [0.1, 0.15) is 34.7 Å². The lowest BCUT2D eigenvalue weighted by molar-refractivity contribution is 0.108. The van der Waals surface area contributed by atoms with E-state index in [1.165, 1.54) is 0 Å². The van der Waals surface area contributed by atoms with Gasteiger partial charge in [0.1, 0.15) is 0 Å². The second-order valence-corrected chi connectivity index (χ2v) is 5.77. The summed E-state index contributed by atoms with van der Waals surface area (Å²) in [6.07, 6.45) is 7.94. The van der Waals surface area contributed by atoms with Crippen molar-refractivity contribution in [3.8, 4) is 5.69 Å². The minimum atomic E-state index is -0.381. The van der Waals surface area contributed by atoms with Crippen molar-refractivity contribution >= 4 is 27.7 Å². The average Bonchev–Trinajstić information content (AvgIpc) is 3.25. The summed E-state index contributed by atoms with van der Waals surface area (Å²) in [6.45, 7) is 0. The number of hydrogen-bond donors (Lipinski definition) is 0. The fourth-order valence-corrected chi connectivity index (χ4v) is 2.96. The van der Waals surface area contributed by atoms with Crippen LogP contribution in [0.5, 0.6) is 0 Å². The lowest BCUT2D eigenvalue weighted by Gasteiger charge is -2.06. The molecule has 1 aromatic carbocycles. The van der Waals surface area contributed by atoms with E-state index in [2.05, 4.69) is 4.98 Å². The van der Waals surface area contributed by atoms with Crippen LogP contribution in [0.3, 0.4) is 0 Å². The van der Waals surface area contributed by atoms with Crippen LogP contribution >= 0.6 is 11.6 Å². The fraction of sp³-hybridized carbons (Fsp3) is 0.176. The van der Waals surface area contributed by atoms with Gasteiger partial charge in [0.05, 0.1) is 16.8 Å². The van der Waals surface area contributed by atoms with Gasteiger partial charge in [-0.3, -0.25) is 9.78 Å². The molecule has 2 aromatic heterocycles. The Hall–Kier alpha value is -2.13. The Kier molecular flexibility index (Phi) is 2.82. The summed E-state index contributed by atoms with van der Waals surface area (Å²) >= 11 is 5.73. The van der Waals surface area contributed by atoms with Crippen molar-refractivity contribution in [1.29, 1.82) is 0 Å². The van der Waals surface area contributed by atoms with E-state index in [1.54, 1.807) is 6.20 Å². The van der Waals surface area contributed by atoms with Gasteiger partial charge in [-0.2, -0.15) is 0 Å². The molecule has 1 aliphatic carbocycles. The first-order valence-corrected chi connectivity index (χ1v) is 7.37. The van der Waals surface area contributed by atoms with Gasteiger partial charge in [-0.05, 0) is 48.1 Å². The van der Waals surface area contributed by atoms with Gasteiger partial charge in [-0.1, -0.05) is 18.2 Å². The molecular weight excluding hydrogens is 284 g/mol. The molecule has 0 bridgehead atoms. The molecule has 0 atom stereocenters. The molecule has 0 unspecified atom stereocenters. The molecule has 21 heavy (non-hydrogen) atoms. The lowest BCUT2D eigenvalue weighted by Crippen LogP contribution is -1.93. The number of hydrogen-bond acceptors (Lipinski definition) is 2. The molecular formula is C17H13ClN2O. The Morgan fingerprint density at radius 3 is 2.76 bits per heavy atom. The molecule has 0 spiro atoms. The van der Waals surface area contributed by atoms with Crippen LogP contribution < -0.4 is 0 Å². The highest BCUT2D eigenvalue weighted by molar-refractivity contribution is 6.67. The van der Waals surface area contributed by atoms with Crippen molar-refractivity contribution in [2.45, 2.75) is 18.8 Å². The van der Waals surface area contributed by atoms with Gasteiger partial charge in [-0.25, -0.2) is 0 Å². The van der Waals surface area contributed by atoms with Crippen molar-refractivity contribution in [2.24, 2.45) is 0 Å². The molecule has 0 radical (unpaired) electrons. The summed E-state index contributed by atoms with van der Waals surface area (Å²) < 4.78 is 1.99. The van der Waals surface area contributed by atoms with E-state index in [9.17, 15) is 4.79 Å². The van der Waals surface area contributed by atoms with Crippen molar-refractivity contribution < 1.29 is 4.79 Å². The number of carbonyl (C=O) groups excluding carboxylic acids is 1. The van der Waals surface area contributed by atoms with Gasteiger partial charge in [0.2, 0.25) is 0 Å². The SMILES string of the molecule is O=C(Cl)c1cn(-c2ccnc3ccccc23)cc1C1CC1. The van der Waals surface area contributed by atoms with Crippen LogP contribution in [0.2, 0.25) is 0 Å². The Labute approximate surface area is 127 Å². The predicted molar refractivity (Wildman–Crippen MR) is 83.2 cm³/mol. The lowest BCUT2D eigenvalue weighted by atomic mass is 10.1. The van der Waals surface area contributed by atoms with Crippen LogP contribution in [-0.4, -0.2) is 14.8 Å². The third-order valence-electron chi connectivity index (χ3n) is 3.99. The smallest absolute Gasteiger partial charge is 0.254 e. The van der Waals surface area contributed by atoms with Crippen LogP contribution in [0.15, 0.2) is 48.9 Å². The van der Waals surface area contributed by atoms with Gasteiger partial charge in [0.15, 0.2) is 0 Å². The molecule has 1 saturated carbocycles. The van der Waals surface area contributed by atoms with E-state index in [0.29, 0.717) is 11.5 Å². The Bertz CT molecular complexity index is 844. The molecule has 0 aliphatic heterocycles. The highest BCUT2D eigenvalue weighted by Gasteiger charge is 2.29. The third-order valence-corrected chi connectivity index (χ3v) is 4.19. The third kappa shape index (κ3) is 2.14. The number of para-hydroxylation sites is 1. The molecule has 3 aromatic rings. The molecule has 1 fully saturated rings. The largest absolute Gasteiger partial charge is 0.322 e. The number of fused-ring (bicyclic) bond motifs is 1. The average molecular weight is 297 g/mol. The summed E-state index contributed by atoms with van der Waals surface area (Å²) in [6, 6.07) is 9.94. The summed E-state index contributed by atoms with van der Waals surface area (Å²) in [7, 11) is 0. The first-order valence-electron chi connectivity index (χ1n) is 7.00. The standard InChI is InChI=1S/C17H13ClN2O/c18-17(21)14-10-20(9-13(14)11-5-6-11)16-7-8-19-15-4-2-1-3-12(15)16/h1-4,7-11H,5-6H2. The van der Waals surface area contributed by atoms with Crippen molar-refractivity contribution in [3.05, 3.63) is 60.0 Å². The zero-order chi connectivity index (χ0) is 14.4. The normalized spacial score (nSPS) is 14.5. The van der Waals surface area contributed by atoms with Gasteiger partial charge < -0.3 is 4.57 Å². The van der Waals surface area contributed by atoms with Crippen LogP contribution in [0.25, 0.3) is 16.6 Å². The van der Waals surface area contributed by atoms with Crippen molar-refractivity contribution in [3.63, 3.8) is 0 Å². The maximum atomic E-state index is 11.6. The van der Waals surface area contributed by atoms with Gasteiger partial charge >= 0.3 is 0 Å². The molecule has 2 heterocycles. The topological polar surface area (TPSA) is 34.9 Å². The van der Waals surface area contributed by atoms with Gasteiger partial charge in [0, 0.05) is 24.0 Å². The maximum Gasteiger partial charge on any atom is 0.254 e. The molecule has 0 N–H and O–H groups in total. The molecule has 0 saturated heterocycles. The van der Waals surface area contributed by atoms with E-state index in [-0.39, 0.29) is 5.24 Å². The van der Waals surface area contributed by atoms with E-state index < -0.39 is 0 Å². The number of carbonyl (C=O) groups is 1. The number of pyridine rings is 1. The Morgan fingerprint density at radius 1 is 1.19 bits per heavy atom. The second kappa shape index (κ2) is 4.71.